The van der Waals surface area contributed by atoms with Crippen LogP contribution in [0.5, 0.6) is 0 Å². The number of amides is 3. The van der Waals surface area contributed by atoms with Crippen LogP contribution in [0.15, 0.2) is 18.2 Å². The standard InChI is InChI=1S/C26H41N3O4/c1-8-10-19(4)28-24(31)23(21-15-17(2)13-14-18(21)3)29(20-11-9-12-20)22(30)16-27-25(32)33-26(5,6)7/h13-15,19-20,23H,8-12,16H2,1-7H3,(H,27,32)(H,28,31). The summed E-state index contributed by atoms with van der Waals surface area (Å²) in [5.41, 5.74) is 2.16. The van der Waals surface area contributed by atoms with Gasteiger partial charge in [-0.3, -0.25) is 9.59 Å². The van der Waals surface area contributed by atoms with Crippen molar-refractivity contribution < 1.29 is 19.1 Å². The molecule has 0 aliphatic heterocycles. The Bertz CT molecular complexity index is 842. The third-order valence-electron chi connectivity index (χ3n) is 5.91. The van der Waals surface area contributed by atoms with Crippen molar-refractivity contribution in [2.24, 2.45) is 0 Å². The monoisotopic (exact) mass is 459 g/mol. The number of hydrogen-bond donors (Lipinski definition) is 2. The lowest BCUT2D eigenvalue weighted by atomic mass is 9.87. The van der Waals surface area contributed by atoms with Gasteiger partial charge in [-0.2, -0.15) is 0 Å². The molecule has 2 rings (SSSR count). The molecule has 7 heteroatoms. The third-order valence-corrected chi connectivity index (χ3v) is 5.91. The van der Waals surface area contributed by atoms with E-state index in [-0.39, 0.29) is 30.4 Å². The van der Waals surface area contributed by atoms with Crippen molar-refractivity contribution >= 4 is 17.9 Å². The maximum atomic E-state index is 13.6. The Labute approximate surface area is 198 Å². The first kappa shape index (κ1) is 26.7. The molecule has 1 fully saturated rings. The number of ether oxygens (including phenoxy) is 1. The van der Waals surface area contributed by atoms with E-state index in [1.165, 1.54) is 0 Å². The molecule has 1 aromatic carbocycles. The highest BCUT2D eigenvalue weighted by Crippen LogP contribution is 2.34. The van der Waals surface area contributed by atoms with Crippen LogP contribution in [0, 0.1) is 13.8 Å². The van der Waals surface area contributed by atoms with Gasteiger partial charge in [0, 0.05) is 12.1 Å². The van der Waals surface area contributed by atoms with Gasteiger partial charge in [-0.25, -0.2) is 4.79 Å². The minimum atomic E-state index is -0.748. The summed E-state index contributed by atoms with van der Waals surface area (Å²) in [6.07, 6.45) is 3.88. The Morgan fingerprint density at radius 3 is 2.39 bits per heavy atom. The van der Waals surface area contributed by atoms with Crippen LogP contribution in [0.25, 0.3) is 0 Å². The second-order valence-electron chi connectivity index (χ2n) is 10.2. The number of hydrogen-bond acceptors (Lipinski definition) is 4. The summed E-state index contributed by atoms with van der Waals surface area (Å²) in [4.78, 5) is 40.9. The minimum Gasteiger partial charge on any atom is -0.444 e. The quantitative estimate of drug-likeness (QED) is 0.567. The average molecular weight is 460 g/mol. The summed E-state index contributed by atoms with van der Waals surface area (Å²) in [7, 11) is 0. The van der Waals surface area contributed by atoms with E-state index >= 15 is 0 Å². The summed E-state index contributed by atoms with van der Waals surface area (Å²) >= 11 is 0. The predicted octanol–water partition coefficient (Wildman–Crippen LogP) is 4.56. The number of alkyl carbamates (subject to hydrolysis) is 1. The number of carbonyl (C=O) groups is 3. The average Bonchev–Trinajstić information content (AvgIpc) is 2.65. The van der Waals surface area contributed by atoms with Crippen molar-refractivity contribution in [2.45, 2.75) is 104 Å². The first-order valence-corrected chi connectivity index (χ1v) is 12.1. The summed E-state index contributed by atoms with van der Waals surface area (Å²) in [5.74, 6) is -0.461. The predicted molar refractivity (Wildman–Crippen MR) is 130 cm³/mol. The van der Waals surface area contributed by atoms with Crippen LogP contribution < -0.4 is 10.6 Å². The Balaban J connectivity index is 2.35. The van der Waals surface area contributed by atoms with Crippen molar-refractivity contribution in [2.75, 3.05) is 6.54 Å². The molecule has 1 aliphatic carbocycles. The van der Waals surface area contributed by atoms with Crippen molar-refractivity contribution in [3.8, 4) is 0 Å². The maximum absolute atomic E-state index is 13.6. The van der Waals surface area contributed by atoms with Gasteiger partial charge in [0.2, 0.25) is 11.8 Å². The third kappa shape index (κ3) is 7.76. The molecular formula is C26H41N3O4. The molecule has 1 saturated carbocycles. The Kier molecular flexibility index (Phi) is 9.32. The van der Waals surface area contributed by atoms with Gasteiger partial charge < -0.3 is 20.3 Å². The van der Waals surface area contributed by atoms with E-state index in [9.17, 15) is 14.4 Å². The van der Waals surface area contributed by atoms with Gasteiger partial charge in [0.25, 0.3) is 0 Å². The van der Waals surface area contributed by atoms with Crippen molar-refractivity contribution in [3.63, 3.8) is 0 Å². The molecule has 33 heavy (non-hydrogen) atoms. The SMILES string of the molecule is CCCC(C)NC(=O)C(c1cc(C)ccc1C)N(C(=O)CNC(=O)OC(C)(C)C)C1CCC1. The molecule has 0 radical (unpaired) electrons. The van der Waals surface area contributed by atoms with E-state index in [0.29, 0.717) is 0 Å². The van der Waals surface area contributed by atoms with Crippen LogP contribution in [0.1, 0.15) is 89.5 Å². The van der Waals surface area contributed by atoms with E-state index in [4.69, 9.17) is 4.74 Å². The second kappa shape index (κ2) is 11.5. The summed E-state index contributed by atoms with van der Waals surface area (Å²) in [6.45, 7) is 13.1. The summed E-state index contributed by atoms with van der Waals surface area (Å²) in [5, 5.41) is 5.69. The van der Waals surface area contributed by atoms with Crippen molar-refractivity contribution in [3.05, 3.63) is 34.9 Å². The lowest BCUT2D eigenvalue weighted by molar-refractivity contribution is -0.145. The molecule has 0 saturated heterocycles. The second-order valence-corrected chi connectivity index (χ2v) is 10.2. The summed E-state index contributed by atoms with van der Waals surface area (Å²) in [6, 6.07) is 5.21. The Morgan fingerprint density at radius 1 is 1.18 bits per heavy atom. The first-order valence-electron chi connectivity index (χ1n) is 12.1. The smallest absolute Gasteiger partial charge is 0.408 e. The fourth-order valence-corrected chi connectivity index (χ4v) is 4.08. The molecule has 1 aromatic rings. The fraction of sp³-hybridized carbons (Fsp3) is 0.654. The number of nitrogens with zero attached hydrogens (tertiary/aromatic N) is 1. The molecule has 7 nitrogen and oxygen atoms in total. The van der Waals surface area contributed by atoms with E-state index in [1.54, 1.807) is 25.7 Å². The number of carbonyl (C=O) groups excluding carboxylic acids is 3. The normalized spacial score (nSPS) is 15.7. The summed E-state index contributed by atoms with van der Waals surface area (Å²) < 4.78 is 5.28. The van der Waals surface area contributed by atoms with Gasteiger partial charge in [0.15, 0.2) is 0 Å². The van der Waals surface area contributed by atoms with Crippen LogP contribution in [0.2, 0.25) is 0 Å². The van der Waals surface area contributed by atoms with E-state index in [0.717, 1.165) is 48.8 Å². The number of nitrogens with one attached hydrogen (secondary N) is 2. The molecule has 184 valence electrons. The highest BCUT2D eigenvalue weighted by molar-refractivity contribution is 5.91. The lowest BCUT2D eigenvalue weighted by Gasteiger charge is -2.43. The van der Waals surface area contributed by atoms with Gasteiger partial charge >= 0.3 is 6.09 Å². The number of aryl methyl sites for hydroxylation is 2. The highest BCUT2D eigenvalue weighted by Gasteiger charge is 2.39. The van der Waals surface area contributed by atoms with E-state index < -0.39 is 17.7 Å². The molecule has 0 spiro atoms. The minimum absolute atomic E-state index is 0.00773. The topological polar surface area (TPSA) is 87.7 Å². The van der Waals surface area contributed by atoms with Crippen LogP contribution >= 0.6 is 0 Å². The van der Waals surface area contributed by atoms with Crippen LogP contribution in [0.3, 0.4) is 0 Å². The van der Waals surface area contributed by atoms with Crippen LogP contribution in [-0.2, 0) is 14.3 Å². The molecule has 3 amide bonds. The Morgan fingerprint density at radius 2 is 1.85 bits per heavy atom. The van der Waals surface area contributed by atoms with E-state index in [1.807, 2.05) is 39.0 Å². The molecular weight excluding hydrogens is 418 g/mol. The first-order chi connectivity index (χ1) is 15.4. The van der Waals surface area contributed by atoms with Gasteiger partial charge in [0.1, 0.15) is 18.2 Å². The molecule has 2 unspecified atom stereocenters. The van der Waals surface area contributed by atoms with Gasteiger partial charge in [-0.05, 0) is 78.4 Å². The van der Waals surface area contributed by atoms with Gasteiger partial charge in [-0.15, -0.1) is 0 Å². The molecule has 0 bridgehead atoms. The van der Waals surface area contributed by atoms with Crippen LogP contribution in [0.4, 0.5) is 4.79 Å². The largest absolute Gasteiger partial charge is 0.444 e. The number of benzene rings is 1. The zero-order chi connectivity index (χ0) is 24.8. The molecule has 2 N–H and O–H groups in total. The zero-order valence-electron chi connectivity index (χ0n) is 21.3. The van der Waals surface area contributed by atoms with Gasteiger partial charge in [-0.1, -0.05) is 37.1 Å². The highest BCUT2D eigenvalue weighted by atomic mass is 16.6. The maximum Gasteiger partial charge on any atom is 0.408 e. The Hall–Kier alpha value is -2.57. The lowest BCUT2D eigenvalue weighted by Crippen LogP contribution is -2.54. The van der Waals surface area contributed by atoms with E-state index in [2.05, 4.69) is 17.6 Å². The molecule has 2 atom stereocenters. The number of rotatable bonds is 9. The van der Waals surface area contributed by atoms with Crippen LogP contribution in [-0.4, -0.2) is 47.0 Å². The van der Waals surface area contributed by atoms with Crippen molar-refractivity contribution in [1.82, 2.24) is 15.5 Å². The fourth-order valence-electron chi connectivity index (χ4n) is 4.08. The van der Waals surface area contributed by atoms with Gasteiger partial charge in [0.05, 0.1) is 0 Å². The van der Waals surface area contributed by atoms with Crippen molar-refractivity contribution in [1.29, 1.82) is 0 Å². The molecule has 0 heterocycles. The zero-order valence-corrected chi connectivity index (χ0v) is 21.3. The molecule has 1 aliphatic rings. The molecule has 0 aromatic heterocycles.